The van der Waals surface area contributed by atoms with Gasteiger partial charge in [-0.25, -0.2) is 0 Å². The van der Waals surface area contributed by atoms with E-state index in [0.717, 1.165) is 13.0 Å². The summed E-state index contributed by atoms with van der Waals surface area (Å²) in [5, 5.41) is 0. The van der Waals surface area contributed by atoms with E-state index in [1.165, 1.54) is 0 Å². The van der Waals surface area contributed by atoms with E-state index in [-0.39, 0.29) is 11.9 Å². The lowest BCUT2D eigenvalue weighted by Crippen LogP contribution is -2.49. The number of amides is 1. The Morgan fingerprint density at radius 3 is 2.81 bits per heavy atom. The van der Waals surface area contributed by atoms with Crippen molar-refractivity contribution in [3.63, 3.8) is 0 Å². The number of piperidine rings is 1. The molecule has 0 bridgehead atoms. The molecule has 0 spiro atoms. The molecule has 0 saturated carbocycles. The van der Waals surface area contributed by atoms with E-state index in [4.69, 9.17) is 5.73 Å². The summed E-state index contributed by atoms with van der Waals surface area (Å²) < 4.78 is 0. The van der Waals surface area contributed by atoms with Crippen LogP contribution in [0.5, 0.6) is 0 Å². The van der Waals surface area contributed by atoms with Crippen molar-refractivity contribution in [2.24, 2.45) is 11.7 Å². The number of rotatable bonds is 1. The summed E-state index contributed by atoms with van der Waals surface area (Å²) in [6, 6.07) is 3.58. The summed E-state index contributed by atoms with van der Waals surface area (Å²) >= 11 is 0. The average Bonchev–Trinajstić information content (AvgIpc) is 2.33. The zero-order valence-electron chi connectivity index (χ0n) is 9.47. The van der Waals surface area contributed by atoms with Crippen LogP contribution in [0.3, 0.4) is 0 Å². The van der Waals surface area contributed by atoms with Crippen LogP contribution >= 0.6 is 0 Å². The summed E-state index contributed by atoms with van der Waals surface area (Å²) in [6.07, 6.45) is 4.26. The topological polar surface area (TPSA) is 59.2 Å². The maximum absolute atomic E-state index is 12.1. The van der Waals surface area contributed by atoms with Crippen molar-refractivity contribution in [1.82, 2.24) is 9.88 Å². The Morgan fingerprint density at radius 1 is 1.50 bits per heavy atom. The number of likely N-dealkylation sites (tertiary alicyclic amines) is 1. The molecule has 16 heavy (non-hydrogen) atoms. The van der Waals surface area contributed by atoms with Crippen LogP contribution in [-0.2, 0) is 0 Å². The fourth-order valence-corrected chi connectivity index (χ4v) is 1.96. The fraction of sp³-hybridized carbons (Fsp3) is 0.500. The Labute approximate surface area is 95.5 Å². The summed E-state index contributed by atoms with van der Waals surface area (Å²) in [5.74, 6) is 0.561. The molecule has 1 fully saturated rings. The highest BCUT2D eigenvalue weighted by molar-refractivity contribution is 5.94. The zero-order valence-corrected chi connectivity index (χ0v) is 9.47. The fourth-order valence-electron chi connectivity index (χ4n) is 1.96. The summed E-state index contributed by atoms with van der Waals surface area (Å²) in [7, 11) is 0. The number of nitrogens with zero attached hydrogens (tertiary/aromatic N) is 2. The van der Waals surface area contributed by atoms with Crippen LogP contribution in [0.15, 0.2) is 24.5 Å². The number of carbonyl (C=O) groups excluding carboxylic acids is 1. The van der Waals surface area contributed by atoms with Gasteiger partial charge in [0.2, 0.25) is 0 Å². The molecule has 1 aromatic heterocycles. The van der Waals surface area contributed by atoms with Crippen LogP contribution in [-0.4, -0.2) is 34.9 Å². The van der Waals surface area contributed by atoms with Crippen molar-refractivity contribution in [3.8, 4) is 0 Å². The molecule has 1 aromatic rings. The smallest absolute Gasteiger partial charge is 0.254 e. The minimum atomic E-state index is 0.0600. The lowest BCUT2D eigenvalue weighted by Gasteiger charge is -2.35. The molecule has 2 N–H and O–H groups in total. The quantitative estimate of drug-likeness (QED) is 0.763. The number of hydrogen-bond donors (Lipinski definition) is 1. The zero-order chi connectivity index (χ0) is 11.5. The SMILES string of the molecule is CC1CCN(C(=O)c2ccncc2)CC1N. The molecule has 2 heterocycles. The third-order valence-electron chi connectivity index (χ3n) is 3.23. The molecule has 4 heteroatoms. The monoisotopic (exact) mass is 219 g/mol. The minimum absolute atomic E-state index is 0.0600. The highest BCUT2D eigenvalue weighted by Crippen LogP contribution is 2.17. The molecule has 2 unspecified atom stereocenters. The van der Waals surface area contributed by atoms with Gasteiger partial charge in [0, 0.05) is 37.1 Å². The van der Waals surface area contributed by atoms with Gasteiger partial charge >= 0.3 is 0 Å². The van der Waals surface area contributed by atoms with Crippen LogP contribution in [0.4, 0.5) is 0 Å². The van der Waals surface area contributed by atoms with Gasteiger partial charge in [0.1, 0.15) is 0 Å². The second-order valence-electron chi connectivity index (χ2n) is 4.42. The van der Waals surface area contributed by atoms with Crippen molar-refractivity contribution in [2.75, 3.05) is 13.1 Å². The van der Waals surface area contributed by atoms with E-state index in [1.54, 1.807) is 24.5 Å². The maximum Gasteiger partial charge on any atom is 0.254 e. The lowest BCUT2D eigenvalue weighted by atomic mass is 9.94. The molecule has 1 amide bonds. The number of carbonyl (C=O) groups is 1. The van der Waals surface area contributed by atoms with Crippen molar-refractivity contribution < 1.29 is 4.79 Å². The van der Waals surface area contributed by atoms with Gasteiger partial charge in [-0.2, -0.15) is 0 Å². The van der Waals surface area contributed by atoms with Gasteiger partial charge in [-0.15, -0.1) is 0 Å². The second kappa shape index (κ2) is 4.61. The first-order valence-corrected chi connectivity index (χ1v) is 5.63. The molecule has 0 aliphatic carbocycles. The van der Waals surface area contributed by atoms with Crippen molar-refractivity contribution >= 4 is 5.91 Å². The van der Waals surface area contributed by atoms with Gasteiger partial charge in [0.05, 0.1) is 0 Å². The molecule has 0 radical (unpaired) electrons. The first kappa shape index (κ1) is 11.1. The molecular weight excluding hydrogens is 202 g/mol. The van der Waals surface area contributed by atoms with Gasteiger partial charge < -0.3 is 10.6 Å². The van der Waals surface area contributed by atoms with Crippen LogP contribution in [0, 0.1) is 5.92 Å². The number of pyridine rings is 1. The Balaban J connectivity index is 2.06. The van der Waals surface area contributed by atoms with E-state index in [9.17, 15) is 4.79 Å². The third kappa shape index (κ3) is 2.22. The number of hydrogen-bond acceptors (Lipinski definition) is 3. The predicted octanol–water partition coefficient (Wildman–Crippen LogP) is 0.891. The Hall–Kier alpha value is -1.42. The van der Waals surface area contributed by atoms with Gasteiger partial charge in [0.15, 0.2) is 0 Å². The van der Waals surface area contributed by atoms with Crippen molar-refractivity contribution in [1.29, 1.82) is 0 Å². The van der Waals surface area contributed by atoms with Crippen LogP contribution < -0.4 is 5.73 Å². The largest absolute Gasteiger partial charge is 0.337 e. The van der Waals surface area contributed by atoms with Crippen LogP contribution in [0.2, 0.25) is 0 Å². The molecule has 1 aliphatic rings. The molecule has 86 valence electrons. The third-order valence-corrected chi connectivity index (χ3v) is 3.23. The molecule has 1 aliphatic heterocycles. The average molecular weight is 219 g/mol. The van der Waals surface area contributed by atoms with Crippen LogP contribution in [0.25, 0.3) is 0 Å². The lowest BCUT2D eigenvalue weighted by molar-refractivity contribution is 0.0672. The number of nitrogens with two attached hydrogens (primary N) is 1. The molecule has 2 rings (SSSR count). The first-order valence-electron chi connectivity index (χ1n) is 5.63. The van der Waals surface area contributed by atoms with Gasteiger partial charge in [0.25, 0.3) is 5.91 Å². The summed E-state index contributed by atoms with van der Waals surface area (Å²) in [5.41, 5.74) is 6.67. The standard InChI is InChI=1S/C12H17N3O/c1-9-4-7-15(8-11(9)13)12(16)10-2-5-14-6-3-10/h2-3,5-6,9,11H,4,7-8,13H2,1H3. The first-order chi connectivity index (χ1) is 7.68. The highest BCUT2D eigenvalue weighted by Gasteiger charge is 2.26. The molecule has 1 saturated heterocycles. The Bertz CT molecular complexity index is 366. The number of aromatic nitrogens is 1. The Kier molecular flexibility index (Phi) is 3.19. The van der Waals surface area contributed by atoms with E-state index in [1.807, 2.05) is 4.90 Å². The molecule has 4 nitrogen and oxygen atoms in total. The van der Waals surface area contributed by atoms with Gasteiger partial charge in [-0.05, 0) is 24.5 Å². The van der Waals surface area contributed by atoms with E-state index in [0.29, 0.717) is 18.0 Å². The molecule has 0 aromatic carbocycles. The Morgan fingerprint density at radius 2 is 2.19 bits per heavy atom. The van der Waals surface area contributed by atoms with Gasteiger partial charge in [-0.1, -0.05) is 6.92 Å². The van der Waals surface area contributed by atoms with Gasteiger partial charge in [-0.3, -0.25) is 9.78 Å². The minimum Gasteiger partial charge on any atom is -0.337 e. The van der Waals surface area contributed by atoms with E-state index < -0.39 is 0 Å². The predicted molar refractivity (Wildman–Crippen MR) is 61.9 cm³/mol. The highest BCUT2D eigenvalue weighted by atomic mass is 16.2. The summed E-state index contributed by atoms with van der Waals surface area (Å²) in [6.45, 7) is 3.59. The van der Waals surface area contributed by atoms with Crippen LogP contribution in [0.1, 0.15) is 23.7 Å². The maximum atomic E-state index is 12.1. The molecule has 2 atom stereocenters. The normalized spacial score (nSPS) is 25.5. The van der Waals surface area contributed by atoms with Crippen molar-refractivity contribution in [2.45, 2.75) is 19.4 Å². The van der Waals surface area contributed by atoms with E-state index >= 15 is 0 Å². The second-order valence-corrected chi connectivity index (χ2v) is 4.42. The van der Waals surface area contributed by atoms with E-state index in [2.05, 4.69) is 11.9 Å². The van der Waals surface area contributed by atoms with Crippen molar-refractivity contribution in [3.05, 3.63) is 30.1 Å². The summed E-state index contributed by atoms with van der Waals surface area (Å²) in [4.78, 5) is 17.8. The molecular formula is C12H17N3O.